The maximum absolute atomic E-state index is 13.4. The molecule has 0 aromatic heterocycles. The second-order valence-corrected chi connectivity index (χ2v) is 3.78. The standard InChI is InChI=1S/C12H5ClF4/c13-8-2-1-6(3-9(8)15)12-10(16)4-7(14)5-11(12)17/h1-5H. The van der Waals surface area contributed by atoms with Crippen molar-refractivity contribution in [2.75, 3.05) is 0 Å². The van der Waals surface area contributed by atoms with E-state index >= 15 is 0 Å². The van der Waals surface area contributed by atoms with E-state index in [0.717, 1.165) is 6.07 Å². The second kappa shape index (κ2) is 4.37. The van der Waals surface area contributed by atoms with Gasteiger partial charge in [0.1, 0.15) is 23.3 Å². The van der Waals surface area contributed by atoms with Crippen molar-refractivity contribution in [1.29, 1.82) is 0 Å². The fraction of sp³-hybridized carbons (Fsp3) is 0. The van der Waals surface area contributed by atoms with Crippen LogP contribution in [0.15, 0.2) is 30.3 Å². The first-order chi connectivity index (χ1) is 7.99. The van der Waals surface area contributed by atoms with E-state index in [4.69, 9.17) is 11.6 Å². The molecule has 0 bridgehead atoms. The topological polar surface area (TPSA) is 0 Å². The number of hydrogen-bond donors (Lipinski definition) is 0. The van der Waals surface area contributed by atoms with Gasteiger partial charge >= 0.3 is 0 Å². The van der Waals surface area contributed by atoms with Gasteiger partial charge in [-0.3, -0.25) is 0 Å². The Morgan fingerprint density at radius 2 is 1.35 bits per heavy atom. The van der Waals surface area contributed by atoms with Crippen LogP contribution in [0.5, 0.6) is 0 Å². The van der Waals surface area contributed by atoms with Crippen LogP contribution in [-0.2, 0) is 0 Å². The highest BCUT2D eigenvalue weighted by atomic mass is 35.5. The summed E-state index contributed by atoms with van der Waals surface area (Å²) >= 11 is 5.45. The Labute approximate surface area is 99.5 Å². The van der Waals surface area contributed by atoms with Crippen LogP contribution in [0.1, 0.15) is 0 Å². The summed E-state index contributed by atoms with van der Waals surface area (Å²) in [5, 5.41) is -0.156. The van der Waals surface area contributed by atoms with Gasteiger partial charge in [-0.1, -0.05) is 17.7 Å². The molecule has 2 aromatic rings. The molecule has 0 unspecified atom stereocenters. The third-order valence-electron chi connectivity index (χ3n) is 2.22. The third kappa shape index (κ3) is 2.26. The monoisotopic (exact) mass is 260 g/mol. The first kappa shape index (κ1) is 11.9. The van der Waals surface area contributed by atoms with Gasteiger partial charge in [-0.15, -0.1) is 0 Å². The molecule has 0 saturated carbocycles. The molecular formula is C12H5ClF4. The van der Waals surface area contributed by atoms with Crippen LogP contribution in [0.4, 0.5) is 17.6 Å². The van der Waals surface area contributed by atoms with E-state index in [0.29, 0.717) is 12.1 Å². The molecule has 2 rings (SSSR count). The van der Waals surface area contributed by atoms with Crippen molar-refractivity contribution in [3.8, 4) is 11.1 Å². The molecule has 0 aliphatic heterocycles. The number of rotatable bonds is 1. The fourth-order valence-electron chi connectivity index (χ4n) is 1.47. The van der Waals surface area contributed by atoms with Crippen molar-refractivity contribution < 1.29 is 17.6 Å². The normalized spacial score (nSPS) is 10.6. The Morgan fingerprint density at radius 3 is 1.88 bits per heavy atom. The Bertz CT molecular complexity index is 558. The van der Waals surface area contributed by atoms with E-state index in [9.17, 15) is 17.6 Å². The predicted molar refractivity (Wildman–Crippen MR) is 56.7 cm³/mol. The van der Waals surface area contributed by atoms with Crippen LogP contribution in [0.3, 0.4) is 0 Å². The third-order valence-corrected chi connectivity index (χ3v) is 2.52. The van der Waals surface area contributed by atoms with Crippen molar-refractivity contribution >= 4 is 11.6 Å². The van der Waals surface area contributed by atoms with E-state index in [1.54, 1.807) is 0 Å². The zero-order valence-electron chi connectivity index (χ0n) is 8.28. The molecule has 17 heavy (non-hydrogen) atoms. The number of hydrogen-bond acceptors (Lipinski definition) is 0. The summed E-state index contributed by atoms with van der Waals surface area (Å²) in [4.78, 5) is 0. The van der Waals surface area contributed by atoms with E-state index in [-0.39, 0.29) is 10.6 Å². The molecule has 0 aliphatic rings. The fourth-order valence-corrected chi connectivity index (χ4v) is 1.59. The molecular weight excluding hydrogens is 256 g/mol. The van der Waals surface area contributed by atoms with Crippen LogP contribution < -0.4 is 0 Å². The van der Waals surface area contributed by atoms with Gasteiger partial charge in [-0.05, 0) is 17.7 Å². The van der Waals surface area contributed by atoms with Crippen molar-refractivity contribution in [3.05, 3.63) is 58.6 Å². The second-order valence-electron chi connectivity index (χ2n) is 3.37. The lowest BCUT2D eigenvalue weighted by Gasteiger charge is -2.06. The summed E-state index contributed by atoms with van der Waals surface area (Å²) in [6.07, 6.45) is 0. The summed E-state index contributed by atoms with van der Waals surface area (Å²) in [5.74, 6) is -4.01. The zero-order chi connectivity index (χ0) is 12.6. The maximum Gasteiger partial charge on any atom is 0.142 e. The molecule has 0 amide bonds. The summed E-state index contributed by atoms with van der Waals surface area (Å²) in [6, 6.07) is 4.39. The minimum absolute atomic E-state index is 0.0399. The molecule has 0 heterocycles. The molecule has 0 atom stereocenters. The molecule has 5 heteroatoms. The molecule has 0 N–H and O–H groups in total. The molecule has 0 nitrogen and oxygen atoms in total. The minimum atomic E-state index is -1.09. The first-order valence-electron chi connectivity index (χ1n) is 4.59. The highest BCUT2D eigenvalue weighted by molar-refractivity contribution is 6.30. The Morgan fingerprint density at radius 1 is 0.765 bits per heavy atom. The summed E-state index contributed by atoms with van der Waals surface area (Å²) in [6.45, 7) is 0. The SMILES string of the molecule is Fc1cc(F)c(-c2ccc(Cl)c(F)c2)c(F)c1. The molecule has 0 saturated heterocycles. The average molecular weight is 261 g/mol. The number of halogens is 5. The Hall–Kier alpha value is -1.55. The van der Waals surface area contributed by atoms with E-state index in [2.05, 4.69) is 0 Å². The van der Waals surface area contributed by atoms with Gasteiger partial charge in [0.15, 0.2) is 0 Å². The van der Waals surface area contributed by atoms with Crippen molar-refractivity contribution in [2.24, 2.45) is 0 Å². The summed E-state index contributed by atoms with van der Waals surface area (Å²) in [7, 11) is 0. The summed E-state index contributed by atoms with van der Waals surface area (Å²) in [5.41, 5.74) is -0.524. The van der Waals surface area contributed by atoms with Gasteiger partial charge in [0.05, 0.1) is 10.6 Å². The molecule has 2 aromatic carbocycles. The molecule has 88 valence electrons. The highest BCUT2D eigenvalue weighted by Crippen LogP contribution is 2.29. The van der Waals surface area contributed by atoms with Crippen molar-refractivity contribution in [2.45, 2.75) is 0 Å². The van der Waals surface area contributed by atoms with E-state index < -0.39 is 28.8 Å². The first-order valence-corrected chi connectivity index (χ1v) is 4.97. The molecule has 0 radical (unpaired) electrons. The lowest BCUT2D eigenvalue weighted by molar-refractivity contribution is 0.548. The highest BCUT2D eigenvalue weighted by Gasteiger charge is 2.14. The summed E-state index contributed by atoms with van der Waals surface area (Å²) < 4.78 is 52.6. The van der Waals surface area contributed by atoms with Crippen LogP contribution in [0, 0.1) is 23.3 Å². The van der Waals surface area contributed by atoms with Gasteiger partial charge in [0.25, 0.3) is 0 Å². The van der Waals surface area contributed by atoms with Crippen LogP contribution in [0.2, 0.25) is 5.02 Å². The smallest absolute Gasteiger partial charge is 0.142 e. The van der Waals surface area contributed by atoms with Gasteiger partial charge in [-0.25, -0.2) is 17.6 Å². The zero-order valence-corrected chi connectivity index (χ0v) is 9.03. The minimum Gasteiger partial charge on any atom is -0.207 e. The van der Waals surface area contributed by atoms with Crippen LogP contribution in [-0.4, -0.2) is 0 Å². The van der Waals surface area contributed by atoms with Gasteiger partial charge in [0, 0.05) is 12.1 Å². The average Bonchev–Trinajstić information content (AvgIpc) is 2.21. The van der Waals surface area contributed by atoms with E-state index in [1.165, 1.54) is 12.1 Å². The quantitative estimate of drug-likeness (QED) is 0.659. The lowest BCUT2D eigenvalue weighted by Crippen LogP contribution is -1.93. The van der Waals surface area contributed by atoms with Crippen LogP contribution in [0.25, 0.3) is 11.1 Å². The largest absolute Gasteiger partial charge is 0.207 e. The van der Waals surface area contributed by atoms with Crippen LogP contribution >= 0.6 is 11.6 Å². The van der Waals surface area contributed by atoms with Crippen molar-refractivity contribution in [1.82, 2.24) is 0 Å². The number of benzene rings is 2. The molecule has 0 spiro atoms. The molecule has 0 fully saturated rings. The molecule has 0 aliphatic carbocycles. The van der Waals surface area contributed by atoms with Gasteiger partial charge in [-0.2, -0.15) is 0 Å². The predicted octanol–water partition coefficient (Wildman–Crippen LogP) is 4.56. The lowest BCUT2D eigenvalue weighted by atomic mass is 10.0. The van der Waals surface area contributed by atoms with Gasteiger partial charge in [0.2, 0.25) is 0 Å². The Kier molecular flexibility index (Phi) is 3.07. The van der Waals surface area contributed by atoms with Gasteiger partial charge < -0.3 is 0 Å². The van der Waals surface area contributed by atoms with E-state index in [1.807, 2.05) is 0 Å². The van der Waals surface area contributed by atoms with Crippen molar-refractivity contribution in [3.63, 3.8) is 0 Å². The maximum atomic E-state index is 13.4. The Balaban J connectivity index is 2.64.